The number of carboxylic acids is 1. The molecule has 3 aromatic heterocycles. The summed E-state index contributed by atoms with van der Waals surface area (Å²) in [6.07, 6.45) is -11.8. The third-order valence-corrected chi connectivity index (χ3v) is 16.9. The van der Waals surface area contributed by atoms with Gasteiger partial charge in [0.05, 0.1) is 57.1 Å². The number of fused-ring (bicyclic) bond motifs is 3. The molecule has 33 heteroatoms. The molecule has 2 saturated heterocycles. The maximum atomic E-state index is 14.8. The number of anilines is 4. The zero-order valence-corrected chi connectivity index (χ0v) is 55.8. The van der Waals surface area contributed by atoms with Crippen LogP contribution < -0.4 is 30.3 Å². The summed E-state index contributed by atoms with van der Waals surface area (Å²) in [6, 6.07) is 19.2. The number of aryl methyl sites for hydroxylation is 2. The van der Waals surface area contributed by atoms with E-state index in [1.165, 1.54) is 67.6 Å². The Labute approximate surface area is 555 Å². The zero-order chi connectivity index (χ0) is 72.2. The van der Waals surface area contributed by atoms with Crippen LogP contribution in [0.3, 0.4) is 0 Å². The quantitative estimate of drug-likeness (QED) is 0.0563. The number of nitrogens with one attached hydrogen (secondary N) is 3. The van der Waals surface area contributed by atoms with E-state index in [-0.39, 0.29) is 55.4 Å². The van der Waals surface area contributed by atoms with Crippen LogP contribution in [0.1, 0.15) is 103 Å². The Morgan fingerprint density at radius 1 is 0.546 bits per heavy atom. The molecule has 0 aliphatic carbocycles. The first kappa shape index (κ1) is 75.8. The number of pyridine rings is 3. The number of nitrogens with two attached hydrogens (primary N) is 1. The molecule has 0 bridgehead atoms. The van der Waals surface area contributed by atoms with E-state index in [0.29, 0.717) is 89.1 Å². The highest BCUT2D eigenvalue weighted by Crippen LogP contribution is 2.39. The molecule has 10 rings (SSSR count). The number of carbonyl (C=O) groups excluding carboxylic acids is 2. The van der Waals surface area contributed by atoms with Crippen LogP contribution in [-0.2, 0) is 38.6 Å². The number of hydrogen-bond acceptors (Lipinski definition) is 15. The van der Waals surface area contributed by atoms with E-state index in [1.54, 1.807) is 33.8 Å². The third-order valence-electron chi connectivity index (χ3n) is 15.4. The Balaban J connectivity index is 0.000000195. The van der Waals surface area contributed by atoms with Crippen molar-refractivity contribution < 1.29 is 84.6 Å². The van der Waals surface area contributed by atoms with Crippen molar-refractivity contribution in [3.8, 4) is 0 Å². The van der Waals surface area contributed by atoms with Gasteiger partial charge in [0.1, 0.15) is 28.7 Å². The average Bonchev–Trinajstić information content (AvgIpc) is 0.783. The summed E-state index contributed by atoms with van der Waals surface area (Å²) >= 11 is 5.79. The number of halogens is 12. The Kier molecular flexibility index (Phi) is 23.5. The molecule has 0 saturated carbocycles. The lowest BCUT2D eigenvalue weighted by Crippen LogP contribution is -2.44. The smallest absolute Gasteiger partial charge is 0.433 e. The number of likely N-dealkylation sites (N-methyl/N-ethyl adjacent to an activating group) is 2. The molecular formula is C64H67ClF11N11O8S2. The van der Waals surface area contributed by atoms with E-state index >= 15 is 0 Å². The standard InChI is InChI=1S/C26H29F4N5O3S.C16H16F3N3O2.C12H7ClF3NO.C10H15FN2O2S/c1-15-11-18(20(27)13-22(15)33-39(4,37)38)16(2)31-25(36)17-5-6-21-19(12-17)23(14-24(32-21)26(28,29)30)35-9-7-34(3)8-10-35;1-21-4-6-22(7-5-21)13-9-14(16(17,18)19)20-12-3-2-10(15(23)24)8-11(12)13;1-6(18)7-2-3-10-8(4-7)9(13)5-11(17-10)12(14,15)16;1-6-4-8(7(2)12)9(11)5-10(6)13-16(3,14)15/h5-6,11-14,16,33H,7-10H2,1-4H3,(H,31,36);2-3,8-9H,4-7H2,1H3,(H,23,24);2-5H,1H3;4-5,7,13H,12H2,1-3H3/t16-;;;7-/m1..1/s1. The van der Waals surface area contributed by atoms with Crippen molar-refractivity contribution in [1.82, 2.24) is 30.1 Å². The lowest BCUT2D eigenvalue weighted by molar-refractivity contribution is -0.141. The summed E-state index contributed by atoms with van der Waals surface area (Å²) in [5.41, 5.74) is 6.20. The fraction of sp³-hybridized carbons (Fsp3) is 0.344. The Morgan fingerprint density at radius 2 is 0.907 bits per heavy atom. The predicted molar refractivity (Wildman–Crippen MR) is 349 cm³/mol. The molecule has 0 spiro atoms. The van der Waals surface area contributed by atoms with Gasteiger partial charge >= 0.3 is 24.5 Å². The van der Waals surface area contributed by atoms with E-state index in [2.05, 4.69) is 39.5 Å². The molecule has 6 N–H and O–H groups in total. The molecule has 2 aliphatic heterocycles. The van der Waals surface area contributed by atoms with Crippen molar-refractivity contribution >= 4 is 105 Å². The number of hydrogen-bond donors (Lipinski definition) is 5. The summed E-state index contributed by atoms with van der Waals surface area (Å²) in [6.45, 7) is 12.9. The van der Waals surface area contributed by atoms with Gasteiger partial charge < -0.3 is 35.8 Å². The number of sulfonamides is 2. The molecule has 2 aliphatic rings. The number of carboxylic acid groups (broad SMARTS) is 1. The Hall–Kier alpha value is -8.56. The van der Waals surface area contributed by atoms with Crippen LogP contribution in [-0.4, -0.2) is 143 Å². The van der Waals surface area contributed by atoms with Gasteiger partial charge in [-0.2, -0.15) is 39.5 Å². The van der Waals surface area contributed by atoms with Gasteiger partial charge in [-0.25, -0.2) is 45.4 Å². The van der Waals surface area contributed by atoms with E-state index in [0.717, 1.165) is 55.9 Å². The van der Waals surface area contributed by atoms with Gasteiger partial charge in [-0.05, 0) is 157 Å². The second-order valence-electron chi connectivity index (χ2n) is 23.3. The minimum absolute atomic E-state index is 0.0273. The van der Waals surface area contributed by atoms with Crippen molar-refractivity contribution in [2.75, 3.05) is 98.2 Å². The molecule has 0 unspecified atom stereocenters. The fourth-order valence-electron chi connectivity index (χ4n) is 10.2. The molecule has 5 heterocycles. The second kappa shape index (κ2) is 30.1. The monoisotopic (exact) mass is 1430 g/mol. The van der Waals surface area contributed by atoms with E-state index in [4.69, 9.17) is 22.4 Å². The summed E-state index contributed by atoms with van der Waals surface area (Å²) in [5, 5.41) is 12.9. The fourth-order valence-corrected chi connectivity index (χ4v) is 11.7. The zero-order valence-electron chi connectivity index (χ0n) is 53.4. The number of alkyl halides is 9. The van der Waals surface area contributed by atoms with Gasteiger partial charge in [-0.3, -0.25) is 19.0 Å². The van der Waals surface area contributed by atoms with Gasteiger partial charge in [0.25, 0.3) is 5.91 Å². The first-order chi connectivity index (χ1) is 44.9. The molecule has 8 aromatic rings. The number of aromatic nitrogens is 3. The number of carbonyl (C=O) groups is 3. The number of rotatable bonds is 12. The topological polar surface area (TPSA) is 253 Å². The Bertz CT molecular complexity index is 4530. The van der Waals surface area contributed by atoms with Crippen LogP contribution in [0.25, 0.3) is 32.7 Å². The number of nitrogens with zero attached hydrogens (tertiary/aromatic N) is 7. The highest BCUT2D eigenvalue weighted by atomic mass is 35.5. The summed E-state index contributed by atoms with van der Waals surface area (Å²) in [5.74, 6) is -3.08. The first-order valence-electron chi connectivity index (χ1n) is 29.3. The first-order valence-corrected chi connectivity index (χ1v) is 33.5. The van der Waals surface area contributed by atoms with Crippen molar-refractivity contribution in [2.45, 2.75) is 65.2 Å². The largest absolute Gasteiger partial charge is 0.478 e. The van der Waals surface area contributed by atoms with Gasteiger partial charge in [-0.1, -0.05) is 11.6 Å². The predicted octanol–water partition coefficient (Wildman–Crippen LogP) is 12.7. The number of aromatic carboxylic acids is 1. The van der Waals surface area contributed by atoms with Gasteiger partial charge in [0.15, 0.2) is 5.78 Å². The number of benzene rings is 5. The number of amides is 1. The summed E-state index contributed by atoms with van der Waals surface area (Å²) in [4.78, 5) is 54.3. The molecule has 97 heavy (non-hydrogen) atoms. The third kappa shape index (κ3) is 20.0. The SMILES string of the molecule is CC(=O)c1ccc2nc(C(F)(F)F)cc(Cl)c2c1.CN1CCN(c2cc(C(F)(F)F)nc3ccc(C(=O)O)cc23)CC1.Cc1cc([C@@H](C)N)c(F)cc1NS(C)(=O)=O.Cc1cc([C@@H](C)NC(=O)c2ccc3nc(C(F)(F)F)cc(N4CCN(C)CC4)c3c2)c(F)cc1NS(C)(=O)=O. The van der Waals surface area contributed by atoms with Crippen LogP contribution in [0.5, 0.6) is 0 Å². The second-order valence-corrected chi connectivity index (χ2v) is 27.2. The summed E-state index contributed by atoms with van der Waals surface area (Å²) in [7, 11) is -3.12. The molecule has 5 aromatic carbocycles. The maximum Gasteiger partial charge on any atom is 0.433 e. The van der Waals surface area contributed by atoms with E-state index in [1.807, 2.05) is 23.9 Å². The van der Waals surface area contributed by atoms with Crippen molar-refractivity contribution in [1.29, 1.82) is 0 Å². The minimum atomic E-state index is -4.63. The molecule has 1 amide bonds. The molecular weight excluding hydrogens is 1360 g/mol. The van der Waals surface area contributed by atoms with Gasteiger partial charge in [0, 0.05) is 108 Å². The van der Waals surface area contributed by atoms with Crippen molar-refractivity contribution in [3.05, 3.63) is 170 Å². The lowest BCUT2D eigenvalue weighted by Gasteiger charge is -2.35. The van der Waals surface area contributed by atoms with E-state index in [9.17, 15) is 79.5 Å². The van der Waals surface area contributed by atoms with Crippen molar-refractivity contribution in [2.24, 2.45) is 5.73 Å². The molecule has 2 atom stereocenters. The summed E-state index contributed by atoms with van der Waals surface area (Å²) < 4.78 is 196. The lowest BCUT2D eigenvalue weighted by atomic mass is 10.0. The van der Waals surface area contributed by atoms with Crippen LogP contribution in [0, 0.1) is 25.5 Å². The molecule has 522 valence electrons. The highest BCUT2D eigenvalue weighted by molar-refractivity contribution is 7.92. The van der Waals surface area contributed by atoms with E-state index < -0.39 is 91.3 Å². The van der Waals surface area contributed by atoms with Crippen molar-refractivity contribution in [3.63, 3.8) is 0 Å². The number of piperazine rings is 2. The van der Waals surface area contributed by atoms with Crippen LogP contribution in [0.15, 0.2) is 97.1 Å². The maximum absolute atomic E-state index is 14.8. The average molecular weight is 1430 g/mol. The molecule has 19 nitrogen and oxygen atoms in total. The van der Waals surface area contributed by atoms with Crippen LogP contribution in [0.4, 0.5) is 71.0 Å². The molecule has 0 radical (unpaired) electrons. The minimum Gasteiger partial charge on any atom is -0.478 e. The van der Waals surface area contributed by atoms with Crippen LogP contribution >= 0.6 is 11.6 Å². The number of Topliss-reactive ketones (excluding diaryl/α,β-unsaturated/α-hetero) is 1. The Morgan fingerprint density at radius 3 is 1.30 bits per heavy atom. The van der Waals surface area contributed by atoms with Crippen LogP contribution in [0.2, 0.25) is 5.02 Å². The normalized spacial score (nSPS) is 14.9. The number of ketones is 1. The van der Waals surface area contributed by atoms with Gasteiger partial charge in [0.2, 0.25) is 20.0 Å². The van der Waals surface area contributed by atoms with Gasteiger partial charge in [-0.15, -0.1) is 0 Å². The highest BCUT2D eigenvalue weighted by Gasteiger charge is 2.37. The molecule has 2 fully saturated rings.